The summed E-state index contributed by atoms with van der Waals surface area (Å²) in [4.78, 5) is 26.2. The van der Waals surface area contributed by atoms with Crippen LogP contribution in [0.5, 0.6) is 5.75 Å². The Morgan fingerprint density at radius 1 is 1.21 bits per heavy atom. The molecule has 0 aliphatic carbocycles. The highest BCUT2D eigenvalue weighted by molar-refractivity contribution is 9.10. The number of benzene rings is 2. The zero-order valence-corrected chi connectivity index (χ0v) is 17.3. The van der Waals surface area contributed by atoms with Crippen LogP contribution >= 0.6 is 15.9 Å². The van der Waals surface area contributed by atoms with Crippen LogP contribution in [0.1, 0.15) is 23.2 Å². The summed E-state index contributed by atoms with van der Waals surface area (Å²) < 4.78 is 12.0. The number of carbonyl (C=O) groups is 2. The van der Waals surface area contributed by atoms with Crippen molar-refractivity contribution < 1.29 is 19.1 Å². The Bertz CT molecular complexity index is 819. The Morgan fingerprint density at radius 2 is 1.96 bits per heavy atom. The van der Waals surface area contributed by atoms with E-state index in [1.165, 1.54) is 4.90 Å². The average Bonchev–Trinajstić information content (AvgIpc) is 3.21. The van der Waals surface area contributed by atoms with Gasteiger partial charge in [-0.2, -0.15) is 0 Å². The molecule has 1 heterocycles. The number of halogens is 1. The topological polar surface area (TPSA) is 67.9 Å². The Morgan fingerprint density at radius 3 is 2.64 bits per heavy atom. The molecule has 1 N–H and O–H groups in total. The van der Waals surface area contributed by atoms with Crippen molar-refractivity contribution in [1.82, 2.24) is 4.90 Å². The first kappa shape index (κ1) is 20.4. The molecular formula is C21H23BrN2O4. The number of carbonyl (C=O) groups excluding carboxylic acids is 2. The van der Waals surface area contributed by atoms with Gasteiger partial charge in [0, 0.05) is 23.7 Å². The van der Waals surface area contributed by atoms with Crippen LogP contribution in [0.2, 0.25) is 0 Å². The predicted octanol–water partition coefficient (Wildman–Crippen LogP) is 3.72. The number of hydrogen-bond donors (Lipinski definition) is 1. The van der Waals surface area contributed by atoms with Gasteiger partial charge in [-0.1, -0.05) is 12.1 Å². The van der Waals surface area contributed by atoms with Gasteiger partial charge in [-0.15, -0.1) is 0 Å². The maximum atomic E-state index is 12.6. The maximum Gasteiger partial charge on any atom is 0.254 e. The molecule has 0 saturated carbocycles. The molecule has 1 aliphatic rings. The molecule has 2 aromatic rings. The van der Waals surface area contributed by atoms with E-state index in [4.69, 9.17) is 9.47 Å². The quantitative estimate of drug-likeness (QED) is 0.703. The van der Waals surface area contributed by atoms with Gasteiger partial charge in [0.05, 0.1) is 18.3 Å². The van der Waals surface area contributed by atoms with Gasteiger partial charge in [-0.25, -0.2) is 0 Å². The third-order valence-electron chi connectivity index (χ3n) is 4.44. The van der Waals surface area contributed by atoms with E-state index in [0.29, 0.717) is 23.6 Å². The molecule has 1 unspecified atom stereocenters. The molecule has 148 valence electrons. The van der Waals surface area contributed by atoms with E-state index in [9.17, 15) is 9.59 Å². The molecule has 7 heteroatoms. The maximum absolute atomic E-state index is 12.6. The lowest BCUT2D eigenvalue weighted by Gasteiger charge is -2.17. The smallest absolute Gasteiger partial charge is 0.254 e. The lowest BCUT2D eigenvalue weighted by Crippen LogP contribution is -2.35. The molecule has 6 nitrogen and oxygen atoms in total. The summed E-state index contributed by atoms with van der Waals surface area (Å²) in [6, 6.07) is 14.3. The van der Waals surface area contributed by atoms with Crippen molar-refractivity contribution in [3.63, 3.8) is 0 Å². The van der Waals surface area contributed by atoms with Gasteiger partial charge < -0.3 is 19.7 Å². The Balaban J connectivity index is 1.50. The fourth-order valence-corrected chi connectivity index (χ4v) is 3.30. The highest BCUT2D eigenvalue weighted by atomic mass is 79.9. The van der Waals surface area contributed by atoms with Crippen LogP contribution in [-0.2, 0) is 9.53 Å². The van der Waals surface area contributed by atoms with Gasteiger partial charge >= 0.3 is 0 Å². The van der Waals surface area contributed by atoms with Crippen molar-refractivity contribution in [2.24, 2.45) is 0 Å². The van der Waals surface area contributed by atoms with Gasteiger partial charge in [0.25, 0.3) is 5.91 Å². The summed E-state index contributed by atoms with van der Waals surface area (Å²) >= 11 is 3.38. The van der Waals surface area contributed by atoms with Crippen molar-refractivity contribution in [1.29, 1.82) is 0 Å². The van der Waals surface area contributed by atoms with E-state index in [-0.39, 0.29) is 24.5 Å². The third-order valence-corrected chi connectivity index (χ3v) is 5.13. The zero-order chi connectivity index (χ0) is 19.9. The van der Waals surface area contributed by atoms with Crippen LogP contribution in [0, 0.1) is 0 Å². The fraction of sp³-hybridized carbons (Fsp3) is 0.333. The van der Waals surface area contributed by atoms with Crippen molar-refractivity contribution in [3.05, 3.63) is 58.6 Å². The second kappa shape index (κ2) is 9.71. The van der Waals surface area contributed by atoms with Gasteiger partial charge in [0.1, 0.15) is 12.4 Å². The van der Waals surface area contributed by atoms with Crippen LogP contribution in [-0.4, -0.2) is 49.6 Å². The number of para-hydroxylation sites is 1. The number of rotatable bonds is 7. The second-order valence-electron chi connectivity index (χ2n) is 6.66. The standard InChI is InChI=1S/C21H23BrN2O4/c1-24(13-20(25)23-19-7-3-2-6-18(19)22)21(26)15-8-10-16(11-9-15)28-14-17-5-4-12-27-17/h2-3,6-11,17H,4-5,12-14H2,1H3,(H,23,25). The van der Waals surface area contributed by atoms with E-state index < -0.39 is 0 Å². The Labute approximate surface area is 172 Å². The molecular weight excluding hydrogens is 424 g/mol. The molecule has 1 fully saturated rings. The van der Waals surface area contributed by atoms with Gasteiger partial charge in [0.2, 0.25) is 5.91 Å². The molecule has 1 saturated heterocycles. The first-order valence-electron chi connectivity index (χ1n) is 9.17. The van der Waals surface area contributed by atoms with Gasteiger partial charge in [-0.3, -0.25) is 9.59 Å². The normalized spacial score (nSPS) is 15.9. The van der Waals surface area contributed by atoms with E-state index >= 15 is 0 Å². The van der Waals surface area contributed by atoms with Crippen LogP contribution in [0.3, 0.4) is 0 Å². The van der Waals surface area contributed by atoms with Crippen molar-refractivity contribution in [3.8, 4) is 5.75 Å². The van der Waals surface area contributed by atoms with Gasteiger partial charge in [-0.05, 0) is 65.2 Å². The molecule has 1 atom stereocenters. The summed E-state index contributed by atoms with van der Waals surface area (Å²) in [6.07, 6.45) is 2.24. The van der Waals surface area contributed by atoms with Crippen molar-refractivity contribution in [2.75, 3.05) is 32.1 Å². The molecule has 0 bridgehead atoms. The lowest BCUT2D eigenvalue weighted by atomic mass is 10.2. The number of anilines is 1. The highest BCUT2D eigenvalue weighted by Crippen LogP contribution is 2.21. The number of ether oxygens (including phenoxy) is 2. The first-order valence-corrected chi connectivity index (χ1v) is 9.96. The highest BCUT2D eigenvalue weighted by Gasteiger charge is 2.17. The SMILES string of the molecule is CN(CC(=O)Nc1ccccc1Br)C(=O)c1ccc(OCC2CCCO2)cc1. The van der Waals surface area contributed by atoms with E-state index in [2.05, 4.69) is 21.2 Å². The summed E-state index contributed by atoms with van der Waals surface area (Å²) in [5, 5.41) is 2.79. The summed E-state index contributed by atoms with van der Waals surface area (Å²) in [7, 11) is 1.60. The van der Waals surface area contributed by atoms with E-state index in [1.54, 1.807) is 37.4 Å². The summed E-state index contributed by atoms with van der Waals surface area (Å²) in [6.45, 7) is 1.27. The third kappa shape index (κ3) is 5.56. The minimum absolute atomic E-state index is 0.0442. The molecule has 0 aromatic heterocycles. The monoisotopic (exact) mass is 446 g/mol. The van der Waals surface area contributed by atoms with Gasteiger partial charge in [0.15, 0.2) is 0 Å². The van der Waals surface area contributed by atoms with Crippen LogP contribution in [0.25, 0.3) is 0 Å². The number of likely N-dealkylation sites (N-methyl/N-ethyl adjacent to an activating group) is 1. The van der Waals surface area contributed by atoms with Crippen molar-refractivity contribution in [2.45, 2.75) is 18.9 Å². The number of hydrogen-bond acceptors (Lipinski definition) is 4. The zero-order valence-electron chi connectivity index (χ0n) is 15.7. The largest absolute Gasteiger partial charge is 0.491 e. The average molecular weight is 447 g/mol. The van der Waals surface area contributed by atoms with Crippen LogP contribution in [0.15, 0.2) is 53.0 Å². The molecule has 2 amide bonds. The van der Waals surface area contributed by atoms with Crippen LogP contribution in [0.4, 0.5) is 5.69 Å². The molecule has 1 aliphatic heterocycles. The summed E-state index contributed by atoms with van der Waals surface area (Å²) in [5.41, 5.74) is 1.17. The van der Waals surface area contributed by atoms with E-state index in [1.807, 2.05) is 18.2 Å². The fourth-order valence-electron chi connectivity index (χ4n) is 2.92. The number of nitrogens with one attached hydrogen (secondary N) is 1. The minimum Gasteiger partial charge on any atom is -0.491 e. The molecule has 28 heavy (non-hydrogen) atoms. The predicted molar refractivity (Wildman–Crippen MR) is 111 cm³/mol. The molecule has 3 rings (SSSR count). The molecule has 0 radical (unpaired) electrons. The summed E-state index contributed by atoms with van der Waals surface area (Å²) in [5.74, 6) is 0.202. The number of nitrogens with zero attached hydrogens (tertiary/aromatic N) is 1. The minimum atomic E-state index is -0.265. The molecule has 2 aromatic carbocycles. The van der Waals surface area contributed by atoms with Crippen molar-refractivity contribution >= 4 is 33.4 Å². The first-order chi connectivity index (χ1) is 13.5. The number of amides is 2. The van der Waals surface area contributed by atoms with Crippen LogP contribution < -0.4 is 10.1 Å². The second-order valence-corrected chi connectivity index (χ2v) is 7.51. The van der Waals surface area contributed by atoms with E-state index in [0.717, 1.165) is 23.9 Å². The Kier molecular flexibility index (Phi) is 7.06. The molecule has 0 spiro atoms. The lowest BCUT2D eigenvalue weighted by molar-refractivity contribution is -0.116. The Hall–Kier alpha value is -2.38.